The molecule has 0 heterocycles. The van der Waals surface area contributed by atoms with Gasteiger partial charge in [0.05, 0.1) is 10.6 Å². The first-order chi connectivity index (χ1) is 6.52. The zero-order valence-electron chi connectivity index (χ0n) is 6.65. The van der Waals surface area contributed by atoms with Gasteiger partial charge in [-0.1, -0.05) is 0 Å². The quantitative estimate of drug-likeness (QED) is 0.369. The molecule has 0 amide bonds. The molecule has 0 saturated carbocycles. The van der Waals surface area contributed by atoms with E-state index in [0.29, 0.717) is 14.6 Å². The molecule has 0 unspecified atom stereocenters. The Morgan fingerprint density at radius 3 is 1.93 bits per heavy atom. The van der Waals surface area contributed by atoms with Crippen LogP contribution in [0.4, 0.5) is 11.4 Å². The molecule has 0 aliphatic carbocycles. The highest BCUT2D eigenvalue weighted by Crippen LogP contribution is 2.32. The summed E-state index contributed by atoms with van der Waals surface area (Å²) in [6, 6.07) is 2.72. The van der Waals surface area contributed by atoms with Crippen molar-refractivity contribution in [3.8, 4) is 0 Å². The number of non-ortho nitro benzene ring substituents is 1. The standard InChI is InChI=1S/C6H4Br2N2O2.N2/c7-4-1-3(10(11)12)2-5(8)6(4)9;1-2/h1-2H,9H2;. The van der Waals surface area contributed by atoms with Crippen LogP contribution >= 0.6 is 31.9 Å². The zero-order chi connectivity index (χ0) is 11.3. The predicted octanol–water partition coefficient (Wildman–Crippen LogP) is 2.73. The molecule has 2 N–H and O–H groups in total. The van der Waals surface area contributed by atoms with Crippen LogP contribution in [0.15, 0.2) is 21.1 Å². The Morgan fingerprint density at radius 1 is 1.29 bits per heavy atom. The van der Waals surface area contributed by atoms with Crippen molar-refractivity contribution in [3.63, 3.8) is 0 Å². The van der Waals surface area contributed by atoms with Crippen LogP contribution in [-0.2, 0) is 0 Å². The van der Waals surface area contributed by atoms with E-state index in [1.54, 1.807) is 0 Å². The van der Waals surface area contributed by atoms with Crippen molar-refractivity contribution in [2.24, 2.45) is 0 Å². The highest BCUT2D eigenvalue weighted by atomic mass is 79.9. The summed E-state index contributed by atoms with van der Waals surface area (Å²) in [7, 11) is 0. The van der Waals surface area contributed by atoms with Crippen molar-refractivity contribution < 1.29 is 4.92 Å². The second-order valence-electron chi connectivity index (χ2n) is 2.08. The summed E-state index contributed by atoms with van der Waals surface area (Å²) in [4.78, 5) is 9.86. The number of nitrogen functional groups attached to an aromatic ring is 1. The van der Waals surface area contributed by atoms with Crippen LogP contribution in [0.3, 0.4) is 0 Å². The zero-order valence-corrected chi connectivity index (χ0v) is 9.82. The Kier molecular flexibility index (Phi) is 5.04. The normalized spacial score (nSPS) is 8.57. The van der Waals surface area contributed by atoms with E-state index in [2.05, 4.69) is 31.9 Å². The molecule has 0 atom stereocenters. The molecule has 0 radical (unpaired) electrons. The van der Waals surface area contributed by atoms with Crippen LogP contribution in [0.1, 0.15) is 0 Å². The average molecular weight is 324 g/mol. The lowest BCUT2D eigenvalue weighted by Crippen LogP contribution is -1.92. The van der Waals surface area contributed by atoms with Gasteiger partial charge in [0.2, 0.25) is 0 Å². The maximum atomic E-state index is 10.3. The topological polar surface area (TPSA) is 117 Å². The second-order valence-corrected chi connectivity index (χ2v) is 3.79. The third kappa shape index (κ3) is 2.93. The van der Waals surface area contributed by atoms with Gasteiger partial charge < -0.3 is 5.73 Å². The van der Waals surface area contributed by atoms with Gasteiger partial charge in [0, 0.05) is 31.9 Å². The Bertz CT molecular complexity index is 356. The van der Waals surface area contributed by atoms with Crippen molar-refractivity contribution in [1.29, 1.82) is 10.8 Å². The molecular weight excluding hydrogens is 320 g/mol. The Balaban J connectivity index is 0.000000791. The smallest absolute Gasteiger partial charge is 0.271 e. The molecule has 0 fully saturated rings. The minimum atomic E-state index is -0.477. The van der Waals surface area contributed by atoms with Gasteiger partial charge in [-0.2, -0.15) is 0 Å². The molecule has 0 aromatic heterocycles. The van der Waals surface area contributed by atoms with E-state index in [9.17, 15) is 10.1 Å². The summed E-state index contributed by atoms with van der Waals surface area (Å²) in [5, 5.41) is 22.3. The molecule has 1 aromatic rings. The number of rotatable bonds is 1. The van der Waals surface area contributed by atoms with Gasteiger partial charge in [0.25, 0.3) is 5.69 Å². The first-order valence-corrected chi connectivity index (χ1v) is 4.70. The molecule has 0 aliphatic rings. The number of anilines is 1. The van der Waals surface area contributed by atoms with Gasteiger partial charge in [-0.25, -0.2) is 0 Å². The monoisotopic (exact) mass is 322 g/mol. The highest BCUT2D eigenvalue weighted by Gasteiger charge is 2.10. The van der Waals surface area contributed by atoms with Crippen LogP contribution < -0.4 is 5.73 Å². The summed E-state index contributed by atoms with van der Waals surface area (Å²) >= 11 is 6.21. The average Bonchev–Trinajstić information content (AvgIpc) is 2.16. The lowest BCUT2D eigenvalue weighted by Gasteiger charge is -2.00. The molecule has 8 heteroatoms. The molecule has 0 saturated heterocycles. The molecule has 1 rings (SSSR count). The number of halogens is 2. The lowest BCUT2D eigenvalue weighted by atomic mass is 10.3. The van der Waals surface area contributed by atoms with Crippen LogP contribution in [0.2, 0.25) is 0 Å². The number of hydrogen-bond acceptors (Lipinski definition) is 5. The number of benzene rings is 1. The summed E-state index contributed by atoms with van der Waals surface area (Å²) in [6.07, 6.45) is 0. The summed E-state index contributed by atoms with van der Waals surface area (Å²) in [5.74, 6) is 0. The van der Waals surface area contributed by atoms with Crippen molar-refractivity contribution in [3.05, 3.63) is 31.2 Å². The lowest BCUT2D eigenvalue weighted by molar-refractivity contribution is -0.385. The number of nitro groups is 1. The van der Waals surface area contributed by atoms with Crippen LogP contribution in [0.25, 0.3) is 0 Å². The summed E-state index contributed by atoms with van der Waals surface area (Å²) in [6.45, 7) is 0. The highest BCUT2D eigenvalue weighted by molar-refractivity contribution is 9.11. The molecule has 0 aliphatic heterocycles. The third-order valence-electron chi connectivity index (χ3n) is 1.27. The minimum absolute atomic E-state index is 0.00273. The molecule has 74 valence electrons. The van der Waals surface area contributed by atoms with E-state index in [1.165, 1.54) is 12.1 Å². The maximum absolute atomic E-state index is 10.3. The van der Waals surface area contributed by atoms with Gasteiger partial charge in [-0.05, 0) is 31.9 Å². The fourth-order valence-corrected chi connectivity index (χ4v) is 1.84. The predicted molar refractivity (Wildman–Crippen MR) is 56.4 cm³/mol. The fraction of sp³-hybridized carbons (Fsp3) is 0. The van der Waals surface area contributed by atoms with E-state index >= 15 is 0 Å². The van der Waals surface area contributed by atoms with Gasteiger partial charge in [0.15, 0.2) is 0 Å². The minimum Gasteiger partial charge on any atom is -0.397 e. The SMILES string of the molecule is N#N.Nc1c(Br)cc([N+](=O)[O-])cc1Br. The molecule has 6 nitrogen and oxygen atoms in total. The molecular formula is C6H4Br2N4O2. The van der Waals surface area contributed by atoms with Crippen LogP contribution in [0, 0.1) is 20.9 Å². The Morgan fingerprint density at radius 2 is 1.64 bits per heavy atom. The van der Waals surface area contributed by atoms with Gasteiger partial charge in [0.1, 0.15) is 0 Å². The second kappa shape index (κ2) is 5.51. The van der Waals surface area contributed by atoms with E-state index in [4.69, 9.17) is 16.5 Å². The van der Waals surface area contributed by atoms with Gasteiger partial charge >= 0.3 is 0 Å². The maximum Gasteiger partial charge on any atom is 0.271 e. The molecule has 1 aromatic carbocycles. The van der Waals surface area contributed by atoms with E-state index in [-0.39, 0.29) is 5.69 Å². The summed E-state index contributed by atoms with van der Waals surface area (Å²) in [5.41, 5.74) is 6.00. The Labute approximate surface area is 95.9 Å². The molecule has 0 bridgehead atoms. The van der Waals surface area contributed by atoms with Crippen molar-refractivity contribution >= 4 is 43.2 Å². The van der Waals surface area contributed by atoms with Crippen molar-refractivity contribution in [1.82, 2.24) is 0 Å². The van der Waals surface area contributed by atoms with E-state index in [1.807, 2.05) is 0 Å². The first kappa shape index (κ1) is 12.8. The fourth-order valence-electron chi connectivity index (χ4n) is 0.676. The first-order valence-electron chi connectivity index (χ1n) is 3.11. The molecule has 0 spiro atoms. The number of nitro benzene ring substituents is 1. The Hall–Kier alpha value is -1.20. The molecule has 14 heavy (non-hydrogen) atoms. The van der Waals surface area contributed by atoms with Gasteiger partial charge in [-0.3, -0.25) is 10.1 Å². The van der Waals surface area contributed by atoms with Gasteiger partial charge in [-0.15, -0.1) is 0 Å². The number of nitrogens with two attached hydrogens (primary N) is 1. The van der Waals surface area contributed by atoms with Crippen molar-refractivity contribution in [2.45, 2.75) is 0 Å². The largest absolute Gasteiger partial charge is 0.397 e. The van der Waals surface area contributed by atoms with E-state index < -0.39 is 4.92 Å². The third-order valence-corrected chi connectivity index (χ3v) is 2.59. The number of nitrogens with zero attached hydrogens (tertiary/aromatic N) is 3. The summed E-state index contributed by atoms with van der Waals surface area (Å²) < 4.78 is 1.03. The van der Waals surface area contributed by atoms with Crippen LogP contribution in [0.5, 0.6) is 0 Å². The van der Waals surface area contributed by atoms with Crippen LogP contribution in [-0.4, -0.2) is 4.92 Å². The van der Waals surface area contributed by atoms with E-state index in [0.717, 1.165) is 0 Å². The number of hydrogen-bond donors (Lipinski definition) is 1. The van der Waals surface area contributed by atoms with Crippen molar-refractivity contribution in [2.75, 3.05) is 5.73 Å².